The third-order valence-electron chi connectivity index (χ3n) is 4.38. The van der Waals surface area contributed by atoms with Crippen LogP contribution in [0.25, 0.3) is 18.2 Å². The van der Waals surface area contributed by atoms with Crippen molar-refractivity contribution in [3.05, 3.63) is 81.6 Å². The average molecular weight is 407 g/mol. The number of hydrogen-bond donors (Lipinski definition) is 0. The van der Waals surface area contributed by atoms with Crippen molar-refractivity contribution in [2.24, 2.45) is 0 Å². The van der Waals surface area contributed by atoms with E-state index in [1.54, 1.807) is 39.5 Å². The van der Waals surface area contributed by atoms with Crippen molar-refractivity contribution in [3.8, 4) is 17.2 Å². The molecule has 0 spiro atoms. The lowest BCUT2D eigenvalue weighted by Crippen LogP contribution is -1.95. The zero-order valence-electron chi connectivity index (χ0n) is 16.5. The summed E-state index contributed by atoms with van der Waals surface area (Å²) in [5.74, 6) is 2.07. The lowest BCUT2D eigenvalue weighted by Gasteiger charge is -2.11. The van der Waals surface area contributed by atoms with Crippen LogP contribution < -0.4 is 14.2 Å². The Kier molecular flexibility index (Phi) is 6.87. The molecular formula is C24H22O4S. The molecule has 0 aliphatic heterocycles. The van der Waals surface area contributed by atoms with Gasteiger partial charge in [0, 0.05) is 22.6 Å². The standard InChI is InChI=1S/C24H22O4S/c1-26-20-8-5-17(6-9-20)4-7-18-14-21(27-2)15-24(28-3)22(18)10-11-23(25)19-12-13-29-16-19/h4-16H,1-3H3/b7-4+,11-10+. The molecule has 1 aromatic heterocycles. The summed E-state index contributed by atoms with van der Waals surface area (Å²) in [5, 5.41) is 3.72. The smallest absolute Gasteiger partial charge is 0.186 e. The van der Waals surface area contributed by atoms with Crippen LogP contribution in [0.4, 0.5) is 0 Å². The lowest BCUT2D eigenvalue weighted by molar-refractivity contribution is 0.104. The van der Waals surface area contributed by atoms with Gasteiger partial charge in [-0.1, -0.05) is 24.3 Å². The van der Waals surface area contributed by atoms with Crippen molar-refractivity contribution < 1.29 is 19.0 Å². The Morgan fingerprint density at radius 1 is 0.862 bits per heavy atom. The highest BCUT2D eigenvalue weighted by molar-refractivity contribution is 7.08. The molecule has 0 saturated carbocycles. The van der Waals surface area contributed by atoms with Gasteiger partial charge in [-0.25, -0.2) is 0 Å². The SMILES string of the molecule is COc1ccc(/C=C/c2cc(OC)cc(OC)c2/C=C/C(=O)c2ccsc2)cc1. The van der Waals surface area contributed by atoms with Gasteiger partial charge >= 0.3 is 0 Å². The summed E-state index contributed by atoms with van der Waals surface area (Å²) >= 11 is 1.50. The highest BCUT2D eigenvalue weighted by atomic mass is 32.1. The van der Waals surface area contributed by atoms with Crippen molar-refractivity contribution >= 4 is 35.3 Å². The first-order valence-electron chi connectivity index (χ1n) is 8.97. The van der Waals surface area contributed by atoms with Crippen LogP contribution in [0.2, 0.25) is 0 Å². The van der Waals surface area contributed by atoms with E-state index in [9.17, 15) is 4.79 Å². The Labute approximate surface area is 174 Å². The fourth-order valence-electron chi connectivity index (χ4n) is 2.79. The van der Waals surface area contributed by atoms with Crippen LogP contribution in [0.1, 0.15) is 27.0 Å². The molecule has 148 valence electrons. The van der Waals surface area contributed by atoms with Crippen molar-refractivity contribution in [2.75, 3.05) is 21.3 Å². The third-order valence-corrected chi connectivity index (χ3v) is 5.06. The lowest BCUT2D eigenvalue weighted by atomic mass is 10.0. The number of hydrogen-bond acceptors (Lipinski definition) is 5. The van der Waals surface area contributed by atoms with E-state index in [1.165, 1.54) is 11.3 Å². The van der Waals surface area contributed by atoms with E-state index >= 15 is 0 Å². The summed E-state index contributed by atoms with van der Waals surface area (Å²) in [6.07, 6.45) is 7.32. The average Bonchev–Trinajstić information content (AvgIpc) is 3.31. The molecule has 0 N–H and O–H groups in total. The maximum Gasteiger partial charge on any atom is 0.186 e. The summed E-state index contributed by atoms with van der Waals surface area (Å²) in [4.78, 5) is 12.4. The number of benzene rings is 2. The van der Waals surface area contributed by atoms with Crippen molar-refractivity contribution in [1.82, 2.24) is 0 Å². The fraction of sp³-hybridized carbons (Fsp3) is 0.125. The third kappa shape index (κ3) is 5.15. The van der Waals surface area contributed by atoms with Gasteiger partial charge in [-0.05, 0) is 52.9 Å². The Morgan fingerprint density at radius 2 is 1.62 bits per heavy atom. The first-order chi connectivity index (χ1) is 14.1. The number of carbonyl (C=O) groups excluding carboxylic acids is 1. The van der Waals surface area contributed by atoms with Gasteiger partial charge in [0.25, 0.3) is 0 Å². The maximum absolute atomic E-state index is 12.4. The van der Waals surface area contributed by atoms with E-state index in [4.69, 9.17) is 14.2 Å². The summed E-state index contributed by atoms with van der Waals surface area (Å²) in [5.41, 5.74) is 3.39. The molecule has 0 bridgehead atoms. The summed E-state index contributed by atoms with van der Waals surface area (Å²) < 4.78 is 16.1. The second-order valence-corrected chi connectivity index (χ2v) is 6.93. The van der Waals surface area contributed by atoms with Gasteiger partial charge in [0.15, 0.2) is 5.78 Å². The molecule has 0 unspecified atom stereocenters. The molecule has 4 nitrogen and oxygen atoms in total. The normalized spacial score (nSPS) is 11.1. The van der Waals surface area contributed by atoms with Gasteiger partial charge < -0.3 is 14.2 Å². The second-order valence-electron chi connectivity index (χ2n) is 6.15. The fourth-order valence-corrected chi connectivity index (χ4v) is 3.43. The van der Waals surface area contributed by atoms with Gasteiger partial charge in [0.05, 0.1) is 21.3 Å². The van der Waals surface area contributed by atoms with Gasteiger partial charge in [0.2, 0.25) is 0 Å². The number of allylic oxidation sites excluding steroid dienone is 1. The van der Waals surface area contributed by atoms with E-state index in [0.717, 1.165) is 22.4 Å². The first-order valence-corrected chi connectivity index (χ1v) is 9.91. The second kappa shape index (κ2) is 9.75. The van der Waals surface area contributed by atoms with Crippen LogP contribution in [0.5, 0.6) is 17.2 Å². The van der Waals surface area contributed by atoms with Gasteiger partial charge in [-0.3, -0.25) is 4.79 Å². The molecule has 0 saturated heterocycles. The highest BCUT2D eigenvalue weighted by Gasteiger charge is 2.10. The quantitative estimate of drug-likeness (QED) is 0.268. The van der Waals surface area contributed by atoms with E-state index < -0.39 is 0 Å². The van der Waals surface area contributed by atoms with Crippen molar-refractivity contribution in [3.63, 3.8) is 0 Å². The number of carbonyl (C=O) groups is 1. The molecule has 5 heteroatoms. The van der Waals surface area contributed by atoms with Gasteiger partial charge in [-0.15, -0.1) is 0 Å². The molecule has 3 aromatic rings. The molecule has 0 fully saturated rings. The molecule has 0 radical (unpaired) electrons. The van der Waals surface area contributed by atoms with Crippen molar-refractivity contribution in [2.45, 2.75) is 0 Å². The summed E-state index contributed by atoms with van der Waals surface area (Å²) in [7, 11) is 4.86. The molecule has 3 rings (SSSR count). The molecule has 0 aliphatic rings. The molecule has 0 aliphatic carbocycles. The maximum atomic E-state index is 12.4. The Balaban J connectivity index is 1.97. The van der Waals surface area contributed by atoms with E-state index in [0.29, 0.717) is 17.1 Å². The molecule has 2 aromatic carbocycles. The van der Waals surface area contributed by atoms with Gasteiger partial charge in [-0.2, -0.15) is 11.3 Å². The largest absolute Gasteiger partial charge is 0.497 e. The minimum atomic E-state index is -0.0470. The monoisotopic (exact) mass is 406 g/mol. The molecular weight excluding hydrogens is 384 g/mol. The van der Waals surface area contributed by atoms with E-state index in [-0.39, 0.29) is 5.78 Å². The number of ketones is 1. The predicted molar refractivity (Wildman–Crippen MR) is 119 cm³/mol. The van der Waals surface area contributed by atoms with Crippen LogP contribution in [0, 0.1) is 0 Å². The highest BCUT2D eigenvalue weighted by Crippen LogP contribution is 2.31. The molecule has 0 amide bonds. The number of ether oxygens (including phenoxy) is 3. The van der Waals surface area contributed by atoms with Crippen LogP contribution in [-0.4, -0.2) is 27.1 Å². The summed E-state index contributed by atoms with van der Waals surface area (Å²) in [6.45, 7) is 0. The van der Waals surface area contributed by atoms with Crippen LogP contribution >= 0.6 is 11.3 Å². The number of rotatable bonds is 8. The topological polar surface area (TPSA) is 44.8 Å². The van der Waals surface area contributed by atoms with Crippen LogP contribution in [-0.2, 0) is 0 Å². The Morgan fingerprint density at radius 3 is 2.24 bits per heavy atom. The van der Waals surface area contributed by atoms with Crippen LogP contribution in [0.3, 0.4) is 0 Å². The molecule has 0 atom stereocenters. The zero-order valence-corrected chi connectivity index (χ0v) is 17.4. The zero-order chi connectivity index (χ0) is 20.6. The Bertz CT molecular complexity index is 1020. The summed E-state index contributed by atoms with van der Waals surface area (Å²) in [6, 6.07) is 13.3. The first kappa shape index (κ1) is 20.4. The number of methoxy groups -OCH3 is 3. The minimum Gasteiger partial charge on any atom is -0.497 e. The minimum absolute atomic E-state index is 0.0470. The Hall–Kier alpha value is -3.31. The van der Waals surface area contributed by atoms with E-state index in [2.05, 4.69) is 0 Å². The van der Waals surface area contributed by atoms with E-state index in [1.807, 2.05) is 59.3 Å². The molecule has 29 heavy (non-hydrogen) atoms. The van der Waals surface area contributed by atoms with Crippen molar-refractivity contribution in [1.29, 1.82) is 0 Å². The van der Waals surface area contributed by atoms with Gasteiger partial charge in [0.1, 0.15) is 17.2 Å². The van der Waals surface area contributed by atoms with Crippen LogP contribution in [0.15, 0.2) is 59.3 Å². The predicted octanol–water partition coefficient (Wildman–Crippen LogP) is 5.84. The number of thiophene rings is 1. The molecule has 1 heterocycles.